The molecule has 88 valence electrons. The number of nitrogen functional groups attached to an aromatic ring is 1. The maximum absolute atomic E-state index is 11.2. The van der Waals surface area contributed by atoms with Crippen molar-refractivity contribution in [3.63, 3.8) is 0 Å². The predicted molar refractivity (Wildman–Crippen MR) is 68.2 cm³/mol. The van der Waals surface area contributed by atoms with Crippen molar-refractivity contribution >= 4 is 21.6 Å². The summed E-state index contributed by atoms with van der Waals surface area (Å²) in [6, 6.07) is 5.44. The minimum atomic E-state index is -0.413. The molecule has 0 aliphatic rings. The smallest absolute Gasteiger partial charge is 0.277 e. The number of anilines is 1. The van der Waals surface area contributed by atoms with E-state index in [0.29, 0.717) is 5.75 Å². The summed E-state index contributed by atoms with van der Waals surface area (Å²) in [6.45, 7) is 1.94. The van der Waals surface area contributed by atoms with E-state index in [0.717, 1.165) is 10.0 Å². The first-order chi connectivity index (χ1) is 8.08. The molecule has 0 saturated heterocycles. The van der Waals surface area contributed by atoms with Crippen LogP contribution in [0.25, 0.3) is 0 Å². The second kappa shape index (κ2) is 4.58. The van der Waals surface area contributed by atoms with Gasteiger partial charge >= 0.3 is 0 Å². The van der Waals surface area contributed by atoms with Crippen molar-refractivity contribution in [1.82, 2.24) is 9.97 Å². The first-order valence-electron chi connectivity index (χ1n) is 4.85. The molecule has 0 aliphatic carbocycles. The zero-order valence-electron chi connectivity index (χ0n) is 9.03. The summed E-state index contributed by atoms with van der Waals surface area (Å²) in [4.78, 5) is 17.5. The number of hydrogen-bond donors (Lipinski definition) is 2. The Labute approximate surface area is 106 Å². The van der Waals surface area contributed by atoms with Gasteiger partial charge in [-0.2, -0.15) is 0 Å². The lowest BCUT2D eigenvalue weighted by molar-refractivity contribution is 0.463. The Hall–Kier alpha value is -1.82. The molecule has 3 N–H and O–H groups in total. The highest BCUT2D eigenvalue weighted by Crippen LogP contribution is 2.26. The molecule has 0 bridgehead atoms. The van der Waals surface area contributed by atoms with Crippen LogP contribution in [0.3, 0.4) is 0 Å². The Kier molecular flexibility index (Phi) is 3.14. The SMILES string of the molecule is Cc1cc(Oc2nc[nH]c(=O)c2N)ccc1Br. The minimum Gasteiger partial charge on any atom is -0.437 e. The topological polar surface area (TPSA) is 81.0 Å². The van der Waals surface area contributed by atoms with E-state index >= 15 is 0 Å². The molecule has 2 rings (SSSR count). The Morgan fingerprint density at radius 3 is 2.94 bits per heavy atom. The number of halogens is 1. The van der Waals surface area contributed by atoms with Gasteiger partial charge in [0.2, 0.25) is 5.88 Å². The first-order valence-corrected chi connectivity index (χ1v) is 5.64. The molecule has 0 unspecified atom stereocenters. The normalized spacial score (nSPS) is 10.2. The fourth-order valence-corrected chi connectivity index (χ4v) is 1.51. The van der Waals surface area contributed by atoms with Crippen molar-refractivity contribution in [2.24, 2.45) is 0 Å². The van der Waals surface area contributed by atoms with E-state index in [2.05, 4.69) is 25.9 Å². The van der Waals surface area contributed by atoms with Crippen LogP contribution in [0, 0.1) is 6.92 Å². The Morgan fingerprint density at radius 2 is 2.24 bits per heavy atom. The van der Waals surface area contributed by atoms with Gasteiger partial charge in [-0.1, -0.05) is 15.9 Å². The molecule has 0 fully saturated rings. The van der Waals surface area contributed by atoms with Crippen LogP contribution in [0.1, 0.15) is 5.56 Å². The van der Waals surface area contributed by atoms with Crippen LogP contribution < -0.4 is 16.0 Å². The van der Waals surface area contributed by atoms with Gasteiger partial charge in [-0.05, 0) is 30.7 Å². The van der Waals surface area contributed by atoms with Gasteiger partial charge in [0.25, 0.3) is 5.56 Å². The lowest BCUT2D eigenvalue weighted by Crippen LogP contribution is -2.13. The van der Waals surface area contributed by atoms with Crippen molar-refractivity contribution in [3.8, 4) is 11.6 Å². The second-order valence-corrected chi connectivity index (χ2v) is 4.32. The number of aromatic nitrogens is 2. The van der Waals surface area contributed by atoms with E-state index in [-0.39, 0.29) is 11.6 Å². The molecule has 17 heavy (non-hydrogen) atoms. The highest BCUT2D eigenvalue weighted by Gasteiger charge is 2.07. The monoisotopic (exact) mass is 295 g/mol. The highest BCUT2D eigenvalue weighted by atomic mass is 79.9. The van der Waals surface area contributed by atoms with E-state index in [4.69, 9.17) is 10.5 Å². The van der Waals surface area contributed by atoms with Crippen LogP contribution in [0.5, 0.6) is 11.6 Å². The van der Waals surface area contributed by atoms with Crippen molar-refractivity contribution in [2.75, 3.05) is 5.73 Å². The Morgan fingerprint density at radius 1 is 1.47 bits per heavy atom. The van der Waals surface area contributed by atoms with E-state index in [1.807, 2.05) is 19.1 Å². The molecule has 0 atom stereocenters. The van der Waals surface area contributed by atoms with E-state index < -0.39 is 5.56 Å². The molecular formula is C11H10BrN3O2. The van der Waals surface area contributed by atoms with Gasteiger partial charge in [0.05, 0.1) is 6.33 Å². The maximum atomic E-state index is 11.2. The minimum absolute atomic E-state index is 0.0342. The van der Waals surface area contributed by atoms with Crippen LogP contribution in [-0.2, 0) is 0 Å². The molecule has 0 aliphatic heterocycles. The molecule has 0 radical (unpaired) electrons. The molecule has 0 saturated carbocycles. The molecule has 0 amide bonds. The number of hydrogen-bond acceptors (Lipinski definition) is 4. The standard InChI is InChI=1S/C11H10BrN3O2/c1-6-4-7(2-3-8(6)12)17-11-9(13)10(16)14-5-15-11/h2-5H,13H2,1H3,(H,14,15,16). The van der Waals surface area contributed by atoms with Gasteiger partial charge < -0.3 is 15.5 Å². The summed E-state index contributed by atoms with van der Waals surface area (Å²) in [5.74, 6) is 0.686. The molecule has 5 nitrogen and oxygen atoms in total. The number of H-pyrrole nitrogens is 1. The average molecular weight is 296 g/mol. The second-order valence-electron chi connectivity index (χ2n) is 3.46. The number of rotatable bonds is 2. The number of nitrogens with two attached hydrogens (primary N) is 1. The van der Waals surface area contributed by atoms with Gasteiger partial charge in [0.15, 0.2) is 5.69 Å². The lowest BCUT2D eigenvalue weighted by atomic mass is 10.2. The third-order valence-electron chi connectivity index (χ3n) is 2.20. The van der Waals surface area contributed by atoms with Crippen LogP contribution in [0.2, 0.25) is 0 Å². The van der Waals surface area contributed by atoms with Gasteiger partial charge in [0, 0.05) is 4.47 Å². The predicted octanol–water partition coefficient (Wildman–Crippen LogP) is 2.22. The van der Waals surface area contributed by atoms with Gasteiger partial charge in [0.1, 0.15) is 5.75 Å². The van der Waals surface area contributed by atoms with E-state index in [1.54, 1.807) is 6.07 Å². The number of nitrogens with zero attached hydrogens (tertiary/aromatic N) is 1. The number of aryl methyl sites for hydroxylation is 1. The van der Waals surface area contributed by atoms with Crippen LogP contribution >= 0.6 is 15.9 Å². The first kappa shape index (κ1) is 11.7. The zero-order chi connectivity index (χ0) is 12.4. The quantitative estimate of drug-likeness (QED) is 0.890. The molecule has 2 aromatic rings. The summed E-state index contributed by atoms with van der Waals surface area (Å²) >= 11 is 3.39. The largest absolute Gasteiger partial charge is 0.437 e. The summed E-state index contributed by atoms with van der Waals surface area (Å²) in [6.07, 6.45) is 1.25. The molecule has 6 heteroatoms. The van der Waals surface area contributed by atoms with Crippen molar-refractivity contribution in [1.29, 1.82) is 0 Å². The molecule has 0 spiro atoms. The fraction of sp³-hybridized carbons (Fsp3) is 0.0909. The summed E-state index contributed by atoms with van der Waals surface area (Å²) < 4.78 is 6.43. The Balaban J connectivity index is 2.35. The average Bonchev–Trinajstić information content (AvgIpc) is 2.30. The molecule has 1 aromatic heterocycles. The van der Waals surface area contributed by atoms with Gasteiger partial charge in [-0.3, -0.25) is 4.79 Å². The highest BCUT2D eigenvalue weighted by molar-refractivity contribution is 9.10. The van der Waals surface area contributed by atoms with Crippen molar-refractivity contribution < 1.29 is 4.74 Å². The van der Waals surface area contributed by atoms with E-state index in [9.17, 15) is 4.79 Å². The molecule has 1 heterocycles. The zero-order valence-corrected chi connectivity index (χ0v) is 10.6. The summed E-state index contributed by atoms with van der Waals surface area (Å²) in [5, 5.41) is 0. The van der Waals surface area contributed by atoms with Crippen LogP contribution in [0.4, 0.5) is 5.69 Å². The van der Waals surface area contributed by atoms with Gasteiger partial charge in [-0.15, -0.1) is 0 Å². The van der Waals surface area contributed by atoms with Crippen molar-refractivity contribution in [2.45, 2.75) is 6.92 Å². The third kappa shape index (κ3) is 2.47. The third-order valence-corrected chi connectivity index (χ3v) is 3.09. The lowest BCUT2D eigenvalue weighted by Gasteiger charge is -2.07. The number of nitrogens with one attached hydrogen (secondary N) is 1. The van der Waals surface area contributed by atoms with Crippen LogP contribution in [0.15, 0.2) is 33.8 Å². The summed E-state index contributed by atoms with van der Waals surface area (Å²) in [7, 11) is 0. The summed E-state index contributed by atoms with van der Waals surface area (Å²) in [5.41, 5.74) is 6.13. The fourth-order valence-electron chi connectivity index (χ4n) is 1.27. The number of benzene rings is 1. The van der Waals surface area contributed by atoms with Gasteiger partial charge in [-0.25, -0.2) is 4.98 Å². The maximum Gasteiger partial charge on any atom is 0.277 e. The number of aromatic amines is 1. The van der Waals surface area contributed by atoms with E-state index in [1.165, 1.54) is 6.33 Å². The Bertz CT molecular complexity index is 610. The number of ether oxygens (including phenoxy) is 1. The van der Waals surface area contributed by atoms with Crippen molar-refractivity contribution in [3.05, 3.63) is 44.9 Å². The molecule has 1 aromatic carbocycles. The molecular weight excluding hydrogens is 286 g/mol. The van der Waals surface area contributed by atoms with Crippen LogP contribution in [-0.4, -0.2) is 9.97 Å².